The summed E-state index contributed by atoms with van der Waals surface area (Å²) in [5, 5.41) is 9.35. The minimum absolute atomic E-state index is 0.0208. The number of aryl methyl sites for hydroxylation is 1. The molecule has 5 heteroatoms. The first-order valence-electron chi connectivity index (χ1n) is 6.89. The molecule has 0 radical (unpaired) electrons. The molecule has 1 aliphatic heterocycles. The largest absolute Gasteiger partial charge is 0.394 e. The lowest BCUT2D eigenvalue weighted by atomic mass is 10.1. The number of halogens is 1. The van der Waals surface area contributed by atoms with Crippen LogP contribution in [0.2, 0.25) is 5.02 Å². The Balaban J connectivity index is 1.92. The second-order valence-electron chi connectivity index (χ2n) is 5.05. The van der Waals surface area contributed by atoms with Crippen LogP contribution in [0.4, 0.5) is 0 Å². The maximum absolute atomic E-state index is 12.4. The number of aliphatic hydroxyl groups excluding tert-OH is 1. The zero-order valence-electron chi connectivity index (χ0n) is 11.6. The molecule has 1 aliphatic rings. The van der Waals surface area contributed by atoms with Gasteiger partial charge in [0.25, 0.3) is 5.91 Å². The molecule has 1 amide bonds. The number of carbonyl (C=O) groups is 1. The van der Waals surface area contributed by atoms with E-state index in [2.05, 4.69) is 0 Å². The van der Waals surface area contributed by atoms with Gasteiger partial charge in [0.2, 0.25) is 0 Å². The van der Waals surface area contributed by atoms with Crippen LogP contribution >= 0.6 is 11.6 Å². The first kappa shape index (κ1) is 15.3. The summed E-state index contributed by atoms with van der Waals surface area (Å²) in [6, 6.07) is 5.41. The van der Waals surface area contributed by atoms with Crippen LogP contribution in [0.3, 0.4) is 0 Å². The van der Waals surface area contributed by atoms with Crippen LogP contribution in [-0.2, 0) is 4.74 Å². The number of nitrogens with zero attached hydrogens (tertiary/aromatic N) is 1. The molecule has 0 bridgehead atoms. The van der Waals surface area contributed by atoms with Crippen molar-refractivity contribution in [2.24, 2.45) is 0 Å². The van der Waals surface area contributed by atoms with Crippen molar-refractivity contribution in [2.75, 3.05) is 26.3 Å². The predicted molar refractivity (Wildman–Crippen MR) is 78.2 cm³/mol. The van der Waals surface area contributed by atoms with Crippen LogP contribution < -0.4 is 0 Å². The Bertz CT molecular complexity index is 470. The SMILES string of the molecule is Cc1ccc(C(=O)N2CCC(OCCO)CC2)cc1Cl. The van der Waals surface area contributed by atoms with Gasteiger partial charge in [0.15, 0.2) is 0 Å². The number of amides is 1. The topological polar surface area (TPSA) is 49.8 Å². The lowest BCUT2D eigenvalue weighted by Crippen LogP contribution is -2.41. The fourth-order valence-electron chi connectivity index (χ4n) is 2.35. The Hall–Kier alpha value is -1.10. The molecule has 0 spiro atoms. The smallest absolute Gasteiger partial charge is 0.253 e. The van der Waals surface area contributed by atoms with Crippen molar-refractivity contribution in [1.82, 2.24) is 4.90 Å². The molecule has 1 saturated heterocycles. The Kier molecular flexibility index (Phi) is 5.40. The van der Waals surface area contributed by atoms with Crippen LogP contribution in [0.5, 0.6) is 0 Å². The summed E-state index contributed by atoms with van der Waals surface area (Å²) in [7, 11) is 0. The molecule has 1 heterocycles. The van der Waals surface area contributed by atoms with E-state index in [0.29, 0.717) is 30.3 Å². The first-order chi connectivity index (χ1) is 9.61. The molecule has 0 atom stereocenters. The van der Waals surface area contributed by atoms with Gasteiger partial charge in [-0.2, -0.15) is 0 Å². The minimum atomic E-state index is 0.0208. The molecular weight excluding hydrogens is 278 g/mol. The zero-order chi connectivity index (χ0) is 14.5. The van der Waals surface area contributed by atoms with Crippen LogP contribution in [0.15, 0.2) is 18.2 Å². The summed E-state index contributed by atoms with van der Waals surface area (Å²) >= 11 is 6.06. The van der Waals surface area contributed by atoms with Gasteiger partial charge in [0, 0.05) is 23.7 Å². The molecule has 0 aliphatic carbocycles. The molecule has 0 saturated carbocycles. The Labute approximate surface area is 124 Å². The second kappa shape index (κ2) is 7.07. The molecule has 2 rings (SSSR count). The second-order valence-corrected chi connectivity index (χ2v) is 5.46. The molecular formula is C15H20ClNO3. The quantitative estimate of drug-likeness (QED) is 0.927. The van der Waals surface area contributed by atoms with E-state index in [0.717, 1.165) is 18.4 Å². The third-order valence-corrected chi connectivity index (χ3v) is 4.00. The Morgan fingerprint density at radius 1 is 1.45 bits per heavy atom. The predicted octanol–water partition coefficient (Wildman–Crippen LogP) is 2.26. The van der Waals surface area contributed by atoms with E-state index in [4.69, 9.17) is 21.4 Å². The highest BCUT2D eigenvalue weighted by Crippen LogP contribution is 2.20. The molecule has 4 nitrogen and oxygen atoms in total. The Morgan fingerprint density at radius 3 is 2.75 bits per heavy atom. The van der Waals surface area contributed by atoms with E-state index in [1.807, 2.05) is 24.0 Å². The minimum Gasteiger partial charge on any atom is -0.394 e. The molecule has 0 unspecified atom stereocenters. The van der Waals surface area contributed by atoms with E-state index < -0.39 is 0 Å². The number of carbonyl (C=O) groups excluding carboxylic acids is 1. The van der Waals surface area contributed by atoms with E-state index in [1.54, 1.807) is 6.07 Å². The summed E-state index contributed by atoms with van der Waals surface area (Å²) in [4.78, 5) is 14.2. The van der Waals surface area contributed by atoms with Crippen molar-refractivity contribution < 1.29 is 14.6 Å². The lowest BCUT2D eigenvalue weighted by molar-refractivity contribution is -0.00554. The summed E-state index contributed by atoms with van der Waals surface area (Å²) in [5.74, 6) is 0.0208. The van der Waals surface area contributed by atoms with Crippen molar-refractivity contribution in [3.8, 4) is 0 Å². The number of rotatable bonds is 4. The maximum atomic E-state index is 12.4. The van der Waals surface area contributed by atoms with Gasteiger partial charge >= 0.3 is 0 Å². The zero-order valence-corrected chi connectivity index (χ0v) is 12.4. The van der Waals surface area contributed by atoms with Crippen LogP contribution in [0.25, 0.3) is 0 Å². The first-order valence-corrected chi connectivity index (χ1v) is 7.27. The number of piperidine rings is 1. The van der Waals surface area contributed by atoms with E-state index in [1.165, 1.54) is 0 Å². The van der Waals surface area contributed by atoms with Crippen molar-refractivity contribution in [2.45, 2.75) is 25.9 Å². The summed E-state index contributed by atoms with van der Waals surface area (Å²) in [6.45, 7) is 3.69. The number of ether oxygens (including phenoxy) is 1. The van der Waals surface area contributed by atoms with Gasteiger partial charge in [0.1, 0.15) is 0 Å². The normalized spacial score (nSPS) is 16.4. The third kappa shape index (κ3) is 3.72. The van der Waals surface area contributed by atoms with Gasteiger partial charge < -0.3 is 14.7 Å². The third-order valence-electron chi connectivity index (χ3n) is 3.59. The molecule has 0 aromatic heterocycles. The standard InChI is InChI=1S/C15H20ClNO3/c1-11-2-3-12(10-14(11)16)15(19)17-6-4-13(5-7-17)20-9-8-18/h2-3,10,13,18H,4-9H2,1H3. The molecule has 1 aromatic rings. The lowest BCUT2D eigenvalue weighted by Gasteiger charge is -2.32. The van der Waals surface area contributed by atoms with Gasteiger partial charge in [-0.25, -0.2) is 0 Å². The highest BCUT2D eigenvalue weighted by Gasteiger charge is 2.24. The van der Waals surface area contributed by atoms with Crippen LogP contribution in [0, 0.1) is 6.92 Å². The van der Waals surface area contributed by atoms with Gasteiger partial charge in [0.05, 0.1) is 19.3 Å². The number of hydrogen-bond donors (Lipinski definition) is 1. The molecule has 1 N–H and O–H groups in total. The molecule has 110 valence electrons. The van der Waals surface area contributed by atoms with Crippen molar-refractivity contribution in [3.63, 3.8) is 0 Å². The van der Waals surface area contributed by atoms with Crippen molar-refractivity contribution >= 4 is 17.5 Å². The van der Waals surface area contributed by atoms with E-state index in [9.17, 15) is 4.79 Å². The van der Waals surface area contributed by atoms with Crippen LogP contribution in [-0.4, -0.2) is 48.3 Å². The van der Waals surface area contributed by atoms with Gasteiger partial charge in [-0.1, -0.05) is 17.7 Å². The number of hydrogen-bond acceptors (Lipinski definition) is 3. The maximum Gasteiger partial charge on any atom is 0.253 e. The fourth-order valence-corrected chi connectivity index (χ4v) is 2.53. The highest BCUT2D eigenvalue weighted by atomic mass is 35.5. The average molecular weight is 298 g/mol. The summed E-state index contributed by atoms with van der Waals surface area (Å²) in [5.41, 5.74) is 1.61. The number of likely N-dealkylation sites (tertiary alicyclic amines) is 1. The van der Waals surface area contributed by atoms with Crippen molar-refractivity contribution in [3.05, 3.63) is 34.3 Å². The van der Waals surface area contributed by atoms with Gasteiger partial charge in [-0.3, -0.25) is 4.79 Å². The van der Waals surface area contributed by atoms with Gasteiger partial charge in [-0.05, 0) is 37.5 Å². The average Bonchev–Trinajstić information content (AvgIpc) is 2.48. The number of aliphatic hydroxyl groups is 1. The molecule has 1 aromatic carbocycles. The summed E-state index contributed by atoms with van der Waals surface area (Å²) in [6.07, 6.45) is 1.77. The van der Waals surface area contributed by atoms with Crippen molar-refractivity contribution in [1.29, 1.82) is 0 Å². The summed E-state index contributed by atoms with van der Waals surface area (Å²) < 4.78 is 5.49. The fraction of sp³-hybridized carbons (Fsp3) is 0.533. The van der Waals surface area contributed by atoms with Gasteiger partial charge in [-0.15, -0.1) is 0 Å². The number of benzene rings is 1. The molecule has 20 heavy (non-hydrogen) atoms. The van der Waals surface area contributed by atoms with Crippen LogP contribution in [0.1, 0.15) is 28.8 Å². The Morgan fingerprint density at radius 2 is 2.15 bits per heavy atom. The monoisotopic (exact) mass is 297 g/mol. The van der Waals surface area contributed by atoms with E-state index in [-0.39, 0.29) is 18.6 Å². The molecule has 1 fully saturated rings. The highest BCUT2D eigenvalue weighted by molar-refractivity contribution is 6.31. The van der Waals surface area contributed by atoms with E-state index >= 15 is 0 Å².